The maximum absolute atomic E-state index is 5.84. The van der Waals surface area contributed by atoms with Gasteiger partial charge in [0.1, 0.15) is 0 Å². The van der Waals surface area contributed by atoms with Crippen molar-refractivity contribution in [2.45, 2.75) is 31.7 Å². The van der Waals surface area contributed by atoms with Crippen molar-refractivity contribution in [3.05, 3.63) is 23.8 Å². The zero-order valence-electron chi connectivity index (χ0n) is 9.90. The number of nitrogens with two attached hydrogens (primary N) is 1. The summed E-state index contributed by atoms with van der Waals surface area (Å²) < 4.78 is 10.9. The van der Waals surface area contributed by atoms with Crippen molar-refractivity contribution in [1.82, 2.24) is 0 Å². The molecule has 2 atom stereocenters. The van der Waals surface area contributed by atoms with Crippen molar-refractivity contribution in [1.29, 1.82) is 0 Å². The molecule has 1 aliphatic carbocycles. The third-order valence-electron chi connectivity index (χ3n) is 2.92. The van der Waals surface area contributed by atoms with E-state index in [1.807, 2.05) is 12.1 Å². The molecule has 3 nitrogen and oxygen atoms in total. The van der Waals surface area contributed by atoms with Gasteiger partial charge in [-0.3, -0.25) is 0 Å². The molecule has 1 aromatic carbocycles. The van der Waals surface area contributed by atoms with Crippen LogP contribution in [0.15, 0.2) is 18.2 Å². The molecule has 0 saturated heterocycles. The van der Waals surface area contributed by atoms with Crippen LogP contribution >= 0.6 is 0 Å². The molecule has 0 spiro atoms. The summed E-state index contributed by atoms with van der Waals surface area (Å²) in [5.74, 6) is 2.14. The van der Waals surface area contributed by atoms with Crippen LogP contribution in [0.1, 0.15) is 31.2 Å². The van der Waals surface area contributed by atoms with Gasteiger partial charge in [0.05, 0.1) is 13.7 Å². The van der Waals surface area contributed by atoms with Crippen molar-refractivity contribution < 1.29 is 9.47 Å². The molecule has 88 valence electrons. The fourth-order valence-electron chi connectivity index (χ4n) is 1.84. The van der Waals surface area contributed by atoms with Gasteiger partial charge in [-0.1, -0.05) is 13.0 Å². The zero-order valence-corrected chi connectivity index (χ0v) is 9.90. The average molecular weight is 221 g/mol. The largest absolute Gasteiger partial charge is 0.493 e. The number of ether oxygens (including phenoxy) is 2. The van der Waals surface area contributed by atoms with E-state index < -0.39 is 0 Å². The highest BCUT2D eigenvalue weighted by Gasteiger charge is 2.35. The Hall–Kier alpha value is -1.22. The van der Waals surface area contributed by atoms with Crippen LogP contribution in [0.2, 0.25) is 0 Å². The van der Waals surface area contributed by atoms with E-state index in [1.54, 1.807) is 7.11 Å². The Morgan fingerprint density at radius 3 is 2.69 bits per heavy atom. The molecule has 2 rings (SSSR count). The number of rotatable bonds is 5. The molecular formula is C13H19NO2. The lowest BCUT2D eigenvalue weighted by Gasteiger charge is -2.11. The van der Waals surface area contributed by atoms with Gasteiger partial charge in [0, 0.05) is 12.0 Å². The Morgan fingerprint density at radius 2 is 2.12 bits per heavy atom. The predicted octanol–water partition coefficient (Wildman–Crippen LogP) is 2.30. The number of hydrogen-bond acceptors (Lipinski definition) is 3. The lowest BCUT2D eigenvalue weighted by molar-refractivity contribution is 0.294. The number of methoxy groups -OCH3 is 1. The normalized spacial score (nSPS) is 22.9. The predicted molar refractivity (Wildman–Crippen MR) is 64.1 cm³/mol. The van der Waals surface area contributed by atoms with Crippen LogP contribution in [-0.2, 0) is 0 Å². The monoisotopic (exact) mass is 221 g/mol. The molecule has 2 N–H and O–H groups in total. The van der Waals surface area contributed by atoms with Crippen LogP contribution < -0.4 is 15.2 Å². The second-order valence-corrected chi connectivity index (χ2v) is 4.26. The average Bonchev–Trinajstić information content (AvgIpc) is 3.03. The molecular weight excluding hydrogens is 202 g/mol. The first-order valence-electron chi connectivity index (χ1n) is 5.82. The minimum Gasteiger partial charge on any atom is -0.493 e. The van der Waals surface area contributed by atoms with Crippen LogP contribution in [0, 0.1) is 0 Å². The van der Waals surface area contributed by atoms with E-state index in [-0.39, 0.29) is 0 Å². The van der Waals surface area contributed by atoms with Gasteiger partial charge < -0.3 is 15.2 Å². The summed E-state index contributed by atoms with van der Waals surface area (Å²) in [5, 5.41) is 0. The second-order valence-electron chi connectivity index (χ2n) is 4.26. The summed E-state index contributed by atoms with van der Waals surface area (Å²) in [6.45, 7) is 2.81. The first kappa shape index (κ1) is 11.3. The van der Waals surface area contributed by atoms with Gasteiger partial charge >= 0.3 is 0 Å². The van der Waals surface area contributed by atoms with Crippen LogP contribution in [0.3, 0.4) is 0 Å². The standard InChI is InChI=1S/C13H19NO2/c1-3-6-16-12-5-4-9(7-13(12)15-2)10-8-11(10)14/h4-5,7,10-11H,3,6,8,14H2,1-2H3. The fourth-order valence-corrected chi connectivity index (χ4v) is 1.84. The Bertz CT molecular complexity index is 365. The Labute approximate surface area is 96.5 Å². The Morgan fingerprint density at radius 1 is 1.38 bits per heavy atom. The third kappa shape index (κ3) is 2.30. The lowest BCUT2D eigenvalue weighted by Crippen LogP contribution is -2.02. The van der Waals surface area contributed by atoms with E-state index in [9.17, 15) is 0 Å². The van der Waals surface area contributed by atoms with E-state index in [1.165, 1.54) is 5.56 Å². The van der Waals surface area contributed by atoms with Crippen LogP contribution in [0.4, 0.5) is 0 Å². The van der Waals surface area contributed by atoms with E-state index in [0.717, 1.165) is 30.9 Å². The molecule has 0 radical (unpaired) electrons. The first-order valence-corrected chi connectivity index (χ1v) is 5.82. The summed E-state index contributed by atoms with van der Waals surface area (Å²) in [6.07, 6.45) is 2.08. The maximum atomic E-state index is 5.84. The van der Waals surface area contributed by atoms with Gasteiger partial charge in [-0.05, 0) is 30.5 Å². The van der Waals surface area contributed by atoms with Gasteiger partial charge in [-0.2, -0.15) is 0 Å². The molecule has 0 amide bonds. The number of benzene rings is 1. The molecule has 3 heteroatoms. The van der Waals surface area contributed by atoms with E-state index >= 15 is 0 Å². The van der Waals surface area contributed by atoms with Crippen LogP contribution in [0.5, 0.6) is 11.5 Å². The fraction of sp³-hybridized carbons (Fsp3) is 0.538. The van der Waals surface area contributed by atoms with E-state index in [4.69, 9.17) is 15.2 Å². The molecule has 0 heterocycles. The summed E-state index contributed by atoms with van der Waals surface area (Å²) in [7, 11) is 1.67. The first-order chi connectivity index (χ1) is 7.76. The highest BCUT2D eigenvalue weighted by molar-refractivity contribution is 5.45. The SMILES string of the molecule is CCCOc1ccc(C2CC2N)cc1OC. The van der Waals surface area contributed by atoms with E-state index in [0.29, 0.717) is 12.0 Å². The molecule has 0 aliphatic heterocycles. The van der Waals surface area contributed by atoms with Gasteiger partial charge in [-0.25, -0.2) is 0 Å². The van der Waals surface area contributed by atoms with Crippen molar-refractivity contribution >= 4 is 0 Å². The second kappa shape index (κ2) is 4.74. The van der Waals surface area contributed by atoms with Gasteiger partial charge in [-0.15, -0.1) is 0 Å². The molecule has 2 unspecified atom stereocenters. The molecule has 1 aliphatic rings. The molecule has 16 heavy (non-hydrogen) atoms. The van der Waals surface area contributed by atoms with E-state index in [2.05, 4.69) is 13.0 Å². The molecule has 0 aromatic heterocycles. The summed E-state index contributed by atoms with van der Waals surface area (Å²) in [5.41, 5.74) is 7.09. The van der Waals surface area contributed by atoms with Gasteiger partial charge in [0.25, 0.3) is 0 Å². The van der Waals surface area contributed by atoms with Gasteiger partial charge in [0.15, 0.2) is 11.5 Å². The minimum atomic E-state index is 0.326. The van der Waals surface area contributed by atoms with Crippen molar-refractivity contribution in [2.24, 2.45) is 5.73 Å². The quantitative estimate of drug-likeness (QED) is 0.829. The Kier molecular flexibility index (Phi) is 3.34. The molecule has 1 saturated carbocycles. The van der Waals surface area contributed by atoms with Crippen molar-refractivity contribution in [2.75, 3.05) is 13.7 Å². The highest BCUT2D eigenvalue weighted by atomic mass is 16.5. The summed E-state index contributed by atoms with van der Waals surface area (Å²) in [4.78, 5) is 0. The van der Waals surface area contributed by atoms with Gasteiger partial charge in [0.2, 0.25) is 0 Å². The molecule has 1 aromatic rings. The summed E-state index contributed by atoms with van der Waals surface area (Å²) in [6, 6.07) is 6.44. The third-order valence-corrected chi connectivity index (χ3v) is 2.92. The topological polar surface area (TPSA) is 44.5 Å². The van der Waals surface area contributed by atoms with Crippen molar-refractivity contribution in [3.8, 4) is 11.5 Å². The van der Waals surface area contributed by atoms with Crippen LogP contribution in [0.25, 0.3) is 0 Å². The van der Waals surface area contributed by atoms with Crippen LogP contribution in [-0.4, -0.2) is 19.8 Å². The summed E-state index contributed by atoms with van der Waals surface area (Å²) >= 11 is 0. The lowest BCUT2D eigenvalue weighted by atomic mass is 10.1. The molecule has 0 bridgehead atoms. The highest BCUT2D eigenvalue weighted by Crippen LogP contribution is 2.42. The smallest absolute Gasteiger partial charge is 0.161 e. The zero-order chi connectivity index (χ0) is 11.5. The Balaban J connectivity index is 2.14. The minimum absolute atomic E-state index is 0.326. The van der Waals surface area contributed by atoms with Crippen molar-refractivity contribution in [3.63, 3.8) is 0 Å². The maximum Gasteiger partial charge on any atom is 0.161 e. The molecule has 1 fully saturated rings. The number of hydrogen-bond donors (Lipinski definition) is 1.